The number of methoxy groups -OCH3 is 1. The van der Waals surface area contributed by atoms with Gasteiger partial charge in [0.2, 0.25) is 0 Å². The van der Waals surface area contributed by atoms with Crippen LogP contribution >= 0.6 is 11.6 Å². The van der Waals surface area contributed by atoms with Crippen LogP contribution in [-0.4, -0.2) is 16.9 Å². The summed E-state index contributed by atoms with van der Waals surface area (Å²) in [7, 11) is 1.65. The molecule has 4 rings (SSSR count). The van der Waals surface area contributed by atoms with E-state index in [0.29, 0.717) is 5.02 Å². The number of hydrogen-bond donors (Lipinski definition) is 0. The van der Waals surface area contributed by atoms with Gasteiger partial charge < -0.3 is 4.74 Å². The molecule has 1 heterocycles. The summed E-state index contributed by atoms with van der Waals surface area (Å²) in [5.41, 5.74) is 4.56. The molecule has 4 heteroatoms. The summed E-state index contributed by atoms with van der Waals surface area (Å²) in [5, 5.41) is 5.46. The van der Waals surface area contributed by atoms with Crippen molar-refractivity contribution in [1.29, 1.82) is 0 Å². The fourth-order valence-electron chi connectivity index (χ4n) is 2.93. The summed E-state index contributed by atoms with van der Waals surface area (Å²) >= 11 is 6.81. The highest BCUT2D eigenvalue weighted by Gasteiger charge is 2.20. The van der Waals surface area contributed by atoms with Crippen molar-refractivity contribution in [2.75, 3.05) is 7.11 Å². The first kappa shape index (κ1) is 16.4. The van der Waals surface area contributed by atoms with E-state index in [1.54, 1.807) is 7.11 Å². The Labute approximate surface area is 157 Å². The number of hydrogen-bond acceptors (Lipinski definition) is 2. The Bertz CT molecular complexity index is 1010. The molecule has 4 aromatic rings. The Balaban J connectivity index is 1.93. The summed E-state index contributed by atoms with van der Waals surface area (Å²) < 4.78 is 7.14. The van der Waals surface area contributed by atoms with E-state index in [9.17, 15) is 0 Å². The molecule has 0 aliphatic heterocycles. The first-order valence-electron chi connectivity index (χ1n) is 8.31. The zero-order valence-electron chi connectivity index (χ0n) is 14.3. The Kier molecular flexibility index (Phi) is 4.46. The predicted molar refractivity (Wildman–Crippen MR) is 106 cm³/mol. The molecule has 0 aliphatic rings. The van der Waals surface area contributed by atoms with E-state index in [4.69, 9.17) is 21.4 Å². The minimum Gasteiger partial charge on any atom is -0.497 e. The molecule has 0 saturated heterocycles. The highest BCUT2D eigenvalue weighted by Crippen LogP contribution is 2.38. The Hall–Kier alpha value is -3.04. The Morgan fingerprint density at radius 3 is 2.00 bits per heavy atom. The second-order valence-electron chi connectivity index (χ2n) is 5.85. The molecule has 0 bridgehead atoms. The minimum absolute atomic E-state index is 0.630. The standard InChI is InChI=1S/C22H17ClN2O/c1-26-19-14-12-16(13-15-19)21-20(23)22(17-8-4-2-5-9-17)25(24-21)18-10-6-3-7-11-18/h2-15H,1H3. The van der Waals surface area contributed by atoms with Gasteiger partial charge in [0.05, 0.1) is 23.5 Å². The quantitative estimate of drug-likeness (QED) is 0.455. The molecule has 0 amide bonds. The van der Waals surface area contributed by atoms with Crippen LogP contribution < -0.4 is 4.74 Å². The van der Waals surface area contributed by atoms with Crippen molar-refractivity contribution in [2.45, 2.75) is 0 Å². The summed E-state index contributed by atoms with van der Waals surface area (Å²) in [4.78, 5) is 0. The van der Waals surface area contributed by atoms with Crippen LogP contribution in [0.3, 0.4) is 0 Å². The second-order valence-corrected chi connectivity index (χ2v) is 6.23. The van der Waals surface area contributed by atoms with Gasteiger partial charge in [-0.2, -0.15) is 5.10 Å². The SMILES string of the molecule is COc1ccc(-c2nn(-c3ccccc3)c(-c3ccccc3)c2Cl)cc1. The van der Waals surface area contributed by atoms with Crippen LogP contribution in [0.2, 0.25) is 5.02 Å². The van der Waals surface area contributed by atoms with Crippen molar-refractivity contribution in [1.82, 2.24) is 9.78 Å². The summed E-state index contributed by atoms with van der Waals surface area (Å²) in [5.74, 6) is 0.802. The Morgan fingerprint density at radius 2 is 1.38 bits per heavy atom. The van der Waals surface area contributed by atoms with Crippen molar-refractivity contribution in [3.63, 3.8) is 0 Å². The normalized spacial score (nSPS) is 10.7. The van der Waals surface area contributed by atoms with Gasteiger partial charge in [0.15, 0.2) is 0 Å². The summed E-state index contributed by atoms with van der Waals surface area (Å²) in [6.07, 6.45) is 0. The van der Waals surface area contributed by atoms with Crippen LogP contribution in [0.5, 0.6) is 5.75 Å². The smallest absolute Gasteiger partial charge is 0.118 e. The first-order chi connectivity index (χ1) is 12.8. The van der Waals surface area contributed by atoms with Crippen LogP contribution in [0, 0.1) is 0 Å². The third kappa shape index (κ3) is 2.98. The van der Waals surface area contributed by atoms with Crippen LogP contribution in [0.25, 0.3) is 28.2 Å². The highest BCUT2D eigenvalue weighted by atomic mass is 35.5. The topological polar surface area (TPSA) is 27.1 Å². The molecule has 1 aromatic heterocycles. The van der Waals surface area contributed by atoms with Gasteiger partial charge in [0.25, 0.3) is 0 Å². The second kappa shape index (κ2) is 7.06. The molecule has 3 aromatic carbocycles. The lowest BCUT2D eigenvalue weighted by atomic mass is 10.1. The average Bonchev–Trinajstić information content (AvgIpc) is 3.06. The molecule has 0 spiro atoms. The molecule has 0 aliphatic carbocycles. The lowest BCUT2D eigenvalue weighted by molar-refractivity contribution is 0.415. The molecule has 3 nitrogen and oxygen atoms in total. The van der Waals surface area contributed by atoms with Gasteiger partial charge in [-0.25, -0.2) is 4.68 Å². The fourth-order valence-corrected chi connectivity index (χ4v) is 3.27. The van der Waals surface area contributed by atoms with E-state index < -0.39 is 0 Å². The van der Waals surface area contributed by atoms with Crippen LogP contribution in [0.4, 0.5) is 0 Å². The predicted octanol–water partition coefficient (Wildman–Crippen LogP) is 5.87. The maximum Gasteiger partial charge on any atom is 0.118 e. The molecule has 0 atom stereocenters. The molecule has 0 N–H and O–H groups in total. The van der Waals surface area contributed by atoms with Crippen molar-refractivity contribution < 1.29 is 4.74 Å². The van der Waals surface area contributed by atoms with Gasteiger partial charge in [-0.15, -0.1) is 0 Å². The number of halogens is 1. The van der Waals surface area contributed by atoms with E-state index in [0.717, 1.165) is 34.0 Å². The molecule has 0 fully saturated rings. The third-order valence-corrected chi connectivity index (χ3v) is 4.60. The minimum atomic E-state index is 0.630. The largest absolute Gasteiger partial charge is 0.497 e. The van der Waals surface area contributed by atoms with Crippen LogP contribution in [0.15, 0.2) is 84.9 Å². The molecular formula is C22H17ClN2O. The lowest BCUT2D eigenvalue weighted by Gasteiger charge is -2.07. The Morgan fingerprint density at radius 1 is 0.769 bits per heavy atom. The molecule has 128 valence electrons. The number of ether oxygens (including phenoxy) is 1. The fraction of sp³-hybridized carbons (Fsp3) is 0.0455. The van der Waals surface area contributed by atoms with Gasteiger partial charge in [-0.05, 0) is 36.4 Å². The summed E-state index contributed by atoms with van der Waals surface area (Å²) in [6.45, 7) is 0. The van der Waals surface area contributed by atoms with Crippen LogP contribution in [0.1, 0.15) is 0 Å². The number of benzene rings is 3. The van der Waals surface area contributed by atoms with E-state index in [1.807, 2.05) is 89.6 Å². The number of aromatic nitrogens is 2. The average molecular weight is 361 g/mol. The maximum atomic E-state index is 6.81. The van der Waals surface area contributed by atoms with Crippen molar-refractivity contribution in [2.24, 2.45) is 0 Å². The molecule has 0 radical (unpaired) electrons. The van der Waals surface area contributed by atoms with Gasteiger partial charge in [0, 0.05) is 11.1 Å². The van der Waals surface area contributed by atoms with Gasteiger partial charge in [-0.3, -0.25) is 0 Å². The van der Waals surface area contributed by atoms with Crippen molar-refractivity contribution in [3.8, 4) is 34.0 Å². The molecule has 0 saturated carbocycles. The summed E-state index contributed by atoms with van der Waals surface area (Å²) in [6, 6.07) is 27.9. The molecule has 0 unspecified atom stereocenters. The maximum absolute atomic E-state index is 6.81. The number of rotatable bonds is 4. The van der Waals surface area contributed by atoms with Crippen molar-refractivity contribution >= 4 is 11.6 Å². The van der Waals surface area contributed by atoms with Crippen LogP contribution in [-0.2, 0) is 0 Å². The zero-order chi connectivity index (χ0) is 17.9. The first-order valence-corrected chi connectivity index (χ1v) is 8.69. The highest BCUT2D eigenvalue weighted by molar-refractivity contribution is 6.35. The number of nitrogens with zero attached hydrogens (tertiary/aromatic N) is 2. The van der Waals surface area contributed by atoms with E-state index >= 15 is 0 Å². The van der Waals surface area contributed by atoms with Gasteiger partial charge >= 0.3 is 0 Å². The molecular weight excluding hydrogens is 344 g/mol. The third-order valence-electron chi connectivity index (χ3n) is 4.24. The monoisotopic (exact) mass is 360 g/mol. The zero-order valence-corrected chi connectivity index (χ0v) is 15.0. The van der Waals surface area contributed by atoms with Gasteiger partial charge in [-0.1, -0.05) is 60.1 Å². The van der Waals surface area contributed by atoms with E-state index in [2.05, 4.69) is 0 Å². The van der Waals surface area contributed by atoms with E-state index in [-0.39, 0.29) is 0 Å². The molecule has 26 heavy (non-hydrogen) atoms. The van der Waals surface area contributed by atoms with Gasteiger partial charge in [0.1, 0.15) is 11.4 Å². The lowest BCUT2D eigenvalue weighted by Crippen LogP contribution is -1.98. The number of para-hydroxylation sites is 1. The van der Waals surface area contributed by atoms with E-state index in [1.165, 1.54) is 0 Å². The van der Waals surface area contributed by atoms with Crippen molar-refractivity contribution in [3.05, 3.63) is 90.0 Å².